The van der Waals surface area contributed by atoms with E-state index in [2.05, 4.69) is 56.5 Å². The lowest BCUT2D eigenvalue weighted by Crippen LogP contribution is -2.46. The van der Waals surface area contributed by atoms with Crippen molar-refractivity contribution in [1.82, 2.24) is 10.2 Å². The van der Waals surface area contributed by atoms with E-state index in [-0.39, 0.29) is 35.9 Å². The highest BCUT2D eigenvalue weighted by Gasteiger charge is 2.27. The topological polar surface area (TPSA) is 57.2 Å². The van der Waals surface area contributed by atoms with Crippen LogP contribution in [0.4, 0.5) is 5.69 Å². The van der Waals surface area contributed by atoms with E-state index >= 15 is 0 Å². The summed E-state index contributed by atoms with van der Waals surface area (Å²) >= 11 is 0. The second-order valence-electron chi connectivity index (χ2n) is 6.96. The van der Waals surface area contributed by atoms with Gasteiger partial charge < -0.3 is 19.9 Å². The molecule has 0 saturated carbocycles. The molecule has 0 spiro atoms. The van der Waals surface area contributed by atoms with Crippen LogP contribution in [0.15, 0.2) is 41.4 Å². The van der Waals surface area contributed by atoms with Gasteiger partial charge in [-0.3, -0.25) is 9.79 Å². The maximum Gasteiger partial charge on any atom is 0.309 e. The SMILES string of the molecule is CCOC(=O)C1CCN(C(=NC)NCc2ccc(N3CC=CC3)cc2)CC1.I. The van der Waals surface area contributed by atoms with Gasteiger partial charge in [-0.05, 0) is 37.5 Å². The third-order valence-corrected chi connectivity index (χ3v) is 5.20. The van der Waals surface area contributed by atoms with Gasteiger partial charge in [-0.25, -0.2) is 0 Å². The van der Waals surface area contributed by atoms with Crippen molar-refractivity contribution in [3.63, 3.8) is 0 Å². The number of nitrogens with zero attached hydrogens (tertiary/aromatic N) is 3. The molecule has 2 aliphatic heterocycles. The Morgan fingerprint density at radius 1 is 1.18 bits per heavy atom. The Labute approximate surface area is 185 Å². The number of halogens is 1. The van der Waals surface area contributed by atoms with Crippen molar-refractivity contribution < 1.29 is 9.53 Å². The van der Waals surface area contributed by atoms with Gasteiger partial charge in [0.2, 0.25) is 0 Å². The molecule has 2 heterocycles. The van der Waals surface area contributed by atoms with Gasteiger partial charge in [-0.1, -0.05) is 24.3 Å². The van der Waals surface area contributed by atoms with Crippen LogP contribution in [0.2, 0.25) is 0 Å². The van der Waals surface area contributed by atoms with Gasteiger partial charge in [0.05, 0.1) is 12.5 Å². The van der Waals surface area contributed by atoms with Crippen LogP contribution in [0.3, 0.4) is 0 Å². The second-order valence-corrected chi connectivity index (χ2v) is 6.96. The third kappa shape index (κ3) is 5.86. The van der Waals surface area contributed by atoms with Crippen LogP contribution in [0.1, 0.15) is 25.3 Å². The smallest absolute Gasteiger partial charge is 0.309 e. The molecule has 0 radical (unpaired) electrons. The maximum atomic E-state index is 11.9. The number of anilines is 1. The van der Waals surface area contributed by atoms with Crippen LogP contribution >= 0.6 is 24.0 Å². The van der Waals surface area contributed by atoms with Crippen molar-refractivity contribution in [2.75, 3.05) is 44.7 Å². The fourth-order valence-electron chi connectivity index (χ4n) is 3.61. The summed E-state index contributed by atoms with van der Waals surface area (Å²) in [5.74, 6) is 0.852. The summed E-state index contributed by atoms with van der Waals surface area (Å²) in [6, 6.07) is 8.69. The highest BCUT2D eigenvalue weighted by Crippen LogP contribution is 2.20. The first kappa shape index (κ1) is 22.5. The third-order valence-electron chi connectivity index (χ3n) is 5.20. The first-order valence-corrected chi connectivity index (χ1v) is 9.82. The highest BCUT2D eigenvalue weighted by atomic mass is 127. The Morgan fingerprint density at radius 2 is 1.82 bits per heavy atom. The summed E-state index contributed by atoms with van der Waals surface area (Å²) in [5, 5.41) is 3.45. The summed E-state index contributed by atoms with van der Waals surface area (Å²) in [6.07, 6.45) is 6.03. The Bertz CT molecular complexity index is 674. The molecule has 154 valence electrons. The molecule has 0 bridgehead atoms. The minimum absolute atomic E-state index is 0. The number of likely N-dealkylation sites (tertiary alicyclic amines) is 1. The molecular weight excluding hydrogens is 467 g/mol. The summed E-state index contributed by atoms with van der Waals surface area (Å²) < 4.78 is 5.14. The fraction of sp³-hybridized carbons (Fsp3) is 0.524. The van der Waals surface area contributed by atoms with Crippen molar-refractivity contribution in [2.45, 2.75) is 26.3 Å². The zero-order valence-corrected chi connectivity index (χ0v) is 19.1. The number of nitrogens with one attached hydrogen (secondary N) is 1. The van der Waals surface area contributed by atoms with Crippen LogP contribution in [0.25, 0.3) is 0 Å². The monoisotopic (exact) mass is 498 g/mol. The van der Waals surface area contributed by atoms with Gasteiger partial charge in [0, 0.05) is 45.5 Å². The second kappa shape index (κ2) is 11.3. The van der Waals surface area contributed by atoms with E-state index in [9.17, 15) is 4.79 Å². The Balaban J connectivity index is 0.00000280. The lowest BCUT2D eigenvalue weighted by atomic mass is 9.97. The average molecular weight is 498 g/mol. The Morgan fingerprint density at radius 3 is 2.39 bits per heavy atom. The number of ether oxygens (including phenoxy) is 1. The minimum Gasteiger partial charge on any atom is -0.466 e. The van der Waals surface area contributed by atoms with Crippen LogP contribution in [0, 0.1) is 5.92 Å². The highest BCUT2D eigenvalue weighted by molar-refractivity contribution is 14.0. The van der Waals surface area contributed by atoms with E-state index in [1.165, 1.54) is 11.3 Å². The van der Waals surface area contributed by atoms with E-state index in [4.69, 9.17) is 4.74 Å². The van der Waals surface area contributed by atoms with Gasteiger partial charge >= 0.3 is 5.97 Å². The number of benzene rings is 1. The molecule has 0 aliphatic carbocycles. The van der Waals surface area contributed by atoms with Crippen LogP contribution in [-0.2, 0) is 16.1 Å². The molecular formula is C21H31IN4O2. The van der Waals surface area contributed by atoms with Crippen molar-refractivity contribution >= 4 is 41.6 Å². The molecule has 1 fully saturated rings. The summed E-state index contributed by atoms with van der Waals surface area (Å²) in [5.41, 5.74) is 2.49. The number of hydrogen-bond donors (Lipinski definition) is 1. The number of rotatable bonds is 5. The van der Waals surface area contributed by atoms with Gasteiger partial charge in [-0.2, -0.15) is 0 Å². The molecule has 1 aromatic rings. The van der Waals surface area contributed by atoms with Gasteiger partial charge in [-0.15, -0.1) is 24.0 Å². The average Bonchev–Trinajstić information content (AvgIpc) is 3.24. The van der Waals surface area contributed by atoms with E-state index in [0.717, 1.165) is 51.5 Å². The fourth-order valence-corrected chi connectivity index (χ4v) is 3.61. The summed E-state index contributed by atoms with van der Waals surface area (Å²) in [7, 11) is 1.81. The Hall–Kier alpha value is -1.77. The molecule has 28 heavy (non-hydrogen) atoms. The number of carbonyl (C=O) groups excluding carboxylic acids is 1. The van der Waals surface area contributed by atoms with E-state index in [1.807, 2.05) is 14.0 Å². The predicted octanol–water partition coefficient (Wildman–Crippen LogP) is 3.03. The first-order chi connectivity index (χ1) is 13.2. The number of guanidine groups is 1. The molecule has 6 nitrogen and oxygen atoms in total. The van der Waals surface area contributed by atoms with Crippen LogP contribution in [-0.4, -0.2) is 56.7 Å². The molecule has 1 aromatic carbocycles. The molecule has 1 N–H and O–H groups in total. The standard InChI is InChI=1S/C21H30N4O2.HI/c1-3-27-20(26)18-10-14-25(15-11-18)21(22-2)23-16-17-6-8-19(9-7-17)24-12-4-5-13-24;/h4-9,18H,3,10-16H2,1-2H3,(H,22,23);1H. The van der Waals surface area contributed by atoms with Gasteiger partial charge in [0.1, 0.15) is 0 Å². The molecule has 0 unspecified atom stereocenters. The lowest BCUT2D eigenvalue weighted by molar-refractivity contribution is -0.149. The molecule has 1 saturated heterocycles. The number of piperidine rings is 1. The summed E-state index contributed by atoms with van der Waals surface area (Å²) in [6.45, 7) is 6.68. The van der Waals surface area contributed by atoms with E-state index in [0.29, 0.717) is 6.61 Å². The number of hydrogen-bond acceptors (Lipinski definition) is 4. The van der Waals surface area contributed by atoms with Crippen LogP contribution < -0.4 is 10.2 Å². The lowest BCUT2D eigenvalue weighted by Gasteiger charge is -2.33. The van der Waals surface area contributed by atoms with Gasteiger partial charge in [0.15, 0.2) is 5.96 Å². The predicted molar refractivity (Wildman–Crippen MR) is 124 cm³/mol. The zero-order valence-electron chi connectivity index (χ0n) is 16.8. The maximum absolute atomic E-state index is 11.9. The molecule has 0 amide bonds. The molecule has 7 heteroatoms. The van der Waals surface area contributed by atoms with Crippen molar-refractivity contribution in [3.8, 4) is 0 Å². The zero-order chi connectivity index (χ0) is 19.1. The molecule has 2 aliphatic rings. The molecule has 0 aromatic heterocycles. The number of aliphatic imine (C=N–C) groups is 1. The largest absolute Gasteiger partial charge is 0.466 e. The normalized spacial score (nSPS) is 17.4. The Kier molecular flexibility index (Phi) is 9.08. The van der Waals surface area contributed by atoms with Crippen molar-refractivity contribution in [3.05, 3.63) is 42.0 Å². The van der Waals surface area contributed by atoms with Crippen LogP contribution in [0.5, 0.6) is 0 Å². The van der Waals surface area contributed by atoms with E-state index < -0.39 is 0 Å². The van der Waals surface area contributed by atoms with Crippen molar-refractivity contribution in [2.24, 2.45) is 10.9 Å². The van der Waals surface area contributed by atoms with Gasteiger partial charge in [0.25, 0.3) is 0 Å². The van der Waals surface area contributed by atoms with Crippen molar-refractivity contribution in [1.29, 1.82) is 0 Å². The minimum atomic E-state index is -0.0617. The number of carbonyl (C=O) groups is 1. The van der Waals surface area contributed by atoms with E-state index in [1.54, 1.807) is 0 Å². The summed E-state index contributed by atoms with van der Waals surface area (Å²) in [4.78, 5) is 20.9. The molecule has 0 atom stereocenters. The quantitative estimate of drug-likeness (QED) is 0.223. The molecule has 3 rings (SSSR count). The number of esters is 1. The first-order valence-electron chi connectivity index (χ1n) is 9.82.